The molecule has 0 unspecified atom stereocenters. The van der Waals surface area contributed by atoms with Crippen LogP contribution in [0.3, 0.4) is 0 Å². The summed E-state index contributed by atoms with van der Waals surface area (Å²) < 4.78 is 4.49. The average Bonchev–Trinajstić information content (AvgIpc) is 2.17. The highest BCUT2D eigenvalue weighted by Gasteiger charge is 2.15. The number of rotatable bonds is 1. The van der Waals surface area contributed by atoms with E-state index in [1.807, 2.05) is 0 Å². The van der Waals surface area contributed by atoms with Gasteiger partial charge in [0.2, 0.25) is 22.4 Å². The Labute approximate surface area is 61.5 Å². The van der Waals surface area contributed by atoms with Gasteiger partial charge in [-0.1, -0.05) is 0 Å². The zero-order chi connectivity index (χ0) is 7.72. The van der Waals surface area contributed by atoms with Gasteiger partial charge in [0.15, 0.2) is 6.29 Å². The predicted octanol–water partition coefficient (Wildman–Crippen LogP) is 0.792. The minimum atomic E-state index is -0.569. The molecule has 0 spiro atoms. The molecule has 1 heterocycles. The number of carbonyl (C=O) groups is 1. The molecule has 0 radical (unpaired) electrons. The second-order valence-corrected chi connectivity index (χ2v) is 1.99. The lowest BCUT2D eigenvalue weighted by molar-refractivity contribution is 0.109. The largest absolute Gasteiger partial charge is 0.501 e. The molecule has 0 aromatic carbocycles. The Kier molecular flexibility index (Phi) is 1.58. The van der Waals surface area contributed by atoms with Crippen LogP contribution >= 0.6 is 12.6 Å². The van der Waals surface area contributed by atoms with Crippen LogP contribution in [-0.2, 0) is 0 Å². The molecule has 0 aliphatic carbocycles. The van der Waals surface area contributed by atoms with Crippen molar-refractivity contribution in [2.24, 2.45) is 0 Å². The van der Waals surface area contributed by atoms with Gasteiger partial charge in [-0.2, -0.15) is 0 Å². The smallest absolute Gasteiger partial charge is 0.213 e. The highest BCUT2D eigenvalue weighted by molar-refractivity contribution is 7.80. The summed E-state index contributed by atoms with van der Waals surface area (Å²) in [7, 11) is 0. The zero-order valence-electron chi connectivity index (χ0n) is 4.74. The van der Waals surface area contributed by atoms with Crippen molar-refractivity contribution in [3.63, 3.8) is 0 Å². The monoisotopic (exact) mass is 160 g/mol. The van der Waals surface area contributed by atoms with Crippen molar-refractivity contribution in [2.75, 3.05) is 0 Å². The molecule has 0 amide bonds. The van der Waals surface area contributed by atoms with E-state index in [9.17, 15) is 4.79 Å². The van der Waals surface area contributed by atoms with Gasteiger partial charge in [0.1, 0.15) is 0 Å². The fourth-order valence-corrected chi connectivity index (χ4v) is 0.703. The van der Waals surface area contributed by atoms with E-state index in [2.05, 4.69) is 17.0 Å². The van der Waals surface area contributed by atoms with Gasteiger partial charge in [0, 0.05) is 0 Å². The van der Waals surface area contributed by atoms with Gasteiger partial charge in [-0.15, -0.1) is 12.6 Å². The molecule has 1 aromatic rings. The zero-order valence-corrected chi connectivity index (χ0v) is 5.63. The van der Waals surface area contributed by atoms with E-state index in [0.717, 1.165) is 0 Å². The van der Waals surface area contributed by atoms with Gasteiger partial charge in [-0.25, -0.2) is 0 Å². The SMILES string of the molecule is O=Cc1oc(S)c(O)c1O. The van der Waals surface area contributed by atoms with Gasteiger partial charge in [-0.05, 0) is 0 Å². The minimum Gasteiger partial charge on any atom is -0.501 e. The third-order valence-electron chi connectivity index (χ3n) is 0.974. The van der Waals surface area contributed by atoms with Gasteiger partial charge in [-0.3, -0.25) is 4.79 Å². The number of hydrogen-bond acceptors (Lipinski definition) is 5. The summed E-state index contributed by atoms with van der Waals surface area (Å²) >= 11 is 3.61. The molecule has 10 heavy (non-hydrogen) atoms. The first kappa shape index (κ1) is 7.01. The number of aromatic hydroxyl groups is 2. The van der Waals surface area contributed by atoms with Crippen LogP contribution in [0.4, 0.5) is 0 Å². The van der Waals surface area contributed by atoms with Crippen molar-refractivity contribution in [1.82, 2.24) is 0 Å². The Morgan fingerprint density at radius 3 is 2.20 bits per heavy atom. The second kappa shape index (κ2) is 2.26. The predicted molar refractivity (Wildman–Crippen MR) is 34.7 cm³/mol. The summed E-state index contributed by atoms with van der Waals surface area (Å²) in [5.41, 5.74) is 0. The number of hydrogen-bond donors (Lipinski definition) is 3. The third kappa shape index (κ3) is 0.841. The lowest BCUT2D eigenvalue weighted by Gasteiger charge is -1.82. The fraction of sp³-hybridized carbons (Fsp3) is 0. The van der Waals surface area contributed by atoms with Crippen LogP contribution in [0.15, 0.2) is 9.51 Å². The highest BCUT2D eigenvalue weighted by Crippen LogP contribution is 2.36. The third-order valence-corrected chi connectivity index (χ3v) is 1.28. The summed E-state index contributed by atoms with van der Waals surface area (Å²) in [5.74, 6) is -1.40. The summed E-state index contributed by atoms with van der Waals surface area (Å²) in [6.45, 7) is 0. The van der Waals surface area contributed by atoms with Crippen LogP contribution < -0.4 is 0 Å². The molecular weight excluding hydrogens is 156 g/mol. The standard InChI is InChI=1S/C5H4O4S/c6-1-2-3(7)4(8)5(10)9-2/h1,7-8,10H. The highest BCUT2D eigenvalue weighted by atomic mass is 32.1. The first-order valence-corrected chi connectivity index (χ1v) is 2.80. The van der Waals surface area contributed by atoms with E-state index in [4.69, 9.17) is 10.2 Å². The van der Waals surface area contributed by atoms with Crippen LogP contribution in [0, 0.1) is 0 Å². The van der Waals surface area contributed by atoms with E-state index >= 15 is 0 Å². The molecule has 0 aliphatic heterocycles. The molecule has 0 bridgehead atoms. The summed E-state index contributed by atoms with van der Waals surface area (Å²) in [4.78, 5) is 9.99. The van der Waals surface area contributed by atoms with Crippen molar-refractivity contribution >= 4 is 18.9 Å². The number of furan rings is 1. The maximum Gasteiger partial charge on any atom is 0.213 e. The molecule has 5 heteroatoms. The van der Waals surface area contributed by atoms with Crippen molar-refractivity contribution in [2.45, 2.75) is 5.09 Å². The molecule has 4 nitrogen and oxygen atoms in total. The molecule has 1 rings (SSSR count). The first-order valence-electron chi connectivity index (χ1n) is 2.35. The van der Waals surface area contributed by atoms with E-state index in [0.29, 0.717) is 0 Å². The fourth-order valence-electron chi connectivity index (χ4n) is 0.499. The van der Waals surface area contributed by atoms with Gasteiger partial charge in [0.25, 0.3) is 0 Å². The van der Waals surface area contributed by atoms with Crippen LogP contribution in [0.25, 0.3) is 0 Å². The van der Waals surface area contributed by atoms with Crippen molar-refractivity contribution < 1.29 is 19.4 Å². The Bertz CT molecular complexity index is 265. The van der Waals surface area contributed by atoms with Crippen LogP contribution in [-0.4, -0.2) is 16.5 Å². The number of aldehydes is 1. The molecule has 1 aromatic heterocycles. The Hall–Kier alpha value is -1.10. The van der Waals surface area contributed by atoms with Gasteiger partial charge >= 0.3 is 0 Å². The molecule has 2 N–H and O–H groups in total. The topological polar surface area (TPSA) is 70.7 Å². The van der Waals surface area contributed by atoms with E-state index in [-0.39, 0.29) is 17.1 Å². The van der Waals surface area contributed by atoms with Crippen LogP contribution in [0.5, 0.6) is 11.5 Å². The van der Waals surface area contributed by atoms with Crippen molar-refractivity contribution in [3.05, 3.63) is 5.76 Å². The quantitative estimate of drug-likeness (QED) is 0.419. The number of carbonyl (C=O) groups excluding carboxylic acids is 1. The molecule has 0 fully saturated rings. The molecule has 0 atom stereocenters. The van der Waals surface area contributed by atoms with E-state index in [1.165, 1.54) is 0 Å². The maximum atomic E-state index is 9.99. The Balaban J connectivity index is 3.30. The maximum absolute atomic E-state index is 9.99. The molecule has 0 aliphatic rings. The normalized spacial score (nSPS) is 9.70. The molecule has 0 saturated carbocycles. The molecular formula is C5H4O4S. The second-order valence-electron chi connectivity index (χ2n) is 1.59. The van der Waals surface area contributed by atoms with E-state index < -0.39 is 11.5 Å². The number of thiol groups is 1. The summed E-state index contributed by atoms with van der Waals surface area (Å²) in [5, 5.41) is 17.4. The van der Waals surface area contributed by atoms with Gasteiger partial charge < -0.3 is 14.6 Å². The van der Waals surface area contributed by atoms with E-state index in [1.54, 1.807) is 0 Å². The van der Waals surface area contributed by atoms with Gasteiger partial charge in [0.05, 0.1) is 0 Å². The average molecular weight is 160 g/mol. The first-order chi connectivity index (χ1) is 4.66. The minimum absolute atomic E-state index is 0.167. The van der Waals surface area contributed by atoms with Crippen molar-refractivity contribution in [3.8, 4) is 11.5 Å². The van der Waals surface area contributed by atoms with Crippen LogP contribution in [0.2, 0.25) is 0 Å². The molecule has 54 valence electrons. The summed E-state index contributed by atoms with van der Waals surface area (Å²) in [6.07, 6.45) is 0.286. The lowest BCUT2D eigenvalue weighted by atomic mass is 10.4. The Morgan fingerprint density at radius 1 is 1.40 bits per heavy atom. The van der Waals surface area contributed by atoms with Crippen LogP contribution in [0.1, 0.15) is 10.6 Å². The van der Waals surface area contributed by atoms with Crippen molar-refractivity contribution in [1.29, 1.82) is 0 Å². The lowest BCUT2D eigenvalue weighted by Crippen LogP contribution is -1.70. The summed E-state index contributed by atoms with van der Waals surface area (Å²) in [6, 6.07) is 0. The molecule has 0 saturated heterocycles. The Morgan fingerprint density at radius 2 is 2.00 bits per heavy atom.